The molecule has 0 saturated carbocycles. The number of anilines is 1. The highest BCUT2D eigenvalue weighted by molar-refractivity contribution is 5.93. The molecule has 120 valence electrons. The molecule has 0 saturated heterocycles. The zero-order valence-electron chi connectivity index (χ0n) is 13.9. The van der Waals surface area contributed by atoms with Gasteiger partial charge < -0.3 is 9.32 Å². The van der Waals surface area contributed by atoms with Crippen molar-refractivity contribution in [3.05, 3.63) is 83.6 Å². The molecule has 0 amide bonds. The summed E-state index contributed by atoms with van der Waals surface area (Å²) in [7, 11) is 2.19. The van der Waals surface area contributed by atoms with Crippen molar-refractivity contribution in [2.24, 2.45) is 0 Å². The monoisotopic (exact) mass is 323 g/mol. The molecule has 2 nitrogen and oxygen atoms in total. The van der Waals surface area contributed by atoms with E-state index in [1.54, 1.807) is 0 Å². The van der Waals surface area contributed by atoms with E-state index in [9.17, 15) is 0 Å². The Hall–Kier alpha value is -3.00. The van der Waals surface area contributed by atoms with E-state index in [4.69, 9.17) is 4.42 Å². The molecule has 0 spiro atoms. The second-order valence-corrected chi connectivity index (χ2v) is 7.07. The summed E-state index contributed by atoms with van der Waals surface area (Å²) in [6, 6.07) is 21.9. The Balaban J connectivity index is 1.66. The number of fused-ring (bicyclic) bond motifs is 8. The molecule has 25 heavy (non-hydrogen) atoms. The van der Waals surface area contributed by atoms with Gasteiger partial charge in [0.2, 0.25) is 0 Å². The van der Waals surface area contributed by atoms with E-state index in [0.717, 1.165) is 11.3 Å². The molecule has 0 N–H and O–H groups in total. The van der Waals surface area contributed by atoms with Gasteiger partial charge in [-0.3, -0.25) is 0 Å². The number of hydrogen-bond donors (Lipinski definition) is 0. The highest BCUT2D eigenvalue weighted by atomic mass is 16.3. The predicted octanol–water partition coefficient (Wildman–Crippen LogP) is 5.56. The summed E-state index contributed by atoms with van der Waals surface area (Å²) in [6.07, 6.45) is 4.57. The summed E-state index contributed by atoms with van der Waals surface area (Å²) >= 11 is 0. The van der Waals surface area contributed by atoms with Gasteiger partial charge in [-0.1, -0.05) is 54.6 Å². The van der Waals surface area contributed by atoms with Gasteiger partial charge in [0.15, 0.2) is 0 Å². The minimum Gasteiger partial charge on any atom is -0.460 e. The zero-order chi connectivity index (χ0) is 16.5. The van der Waals surface area contributed by atoms with Crippen molar-refractivity contribution < 1.29 is 4.42 Å². The smallest absolute Gasteiger partial charge is 0.134 e. The van der Waals surface area contributed by atoms with E-state index in [1.807, 2.05) is 6.07 Å². The molecular weight excluding hydrogens is 306 g/mol. The molecule has 2 heterocycles. The highest BCUT2D eigenvalue weighted by Gasteiger charge is 2.41. The standard InChI is InChI=1S/C23H17NO/c1-24-19-11-10-17-16-8-4-5-9-21(16)25-23(17)22(19)18-12-14-6-2-3-7-15(14)13-20(18)24/h2-13,19,22H,1H3. The number of rotatable bonds is 0. The Labute approximate surface area is 146 Å². The average molecular weight is 323 g/mol. The van der Waals surface area contributed by atoms with Gasteiger partial charge in [-0.05, 0) is 34.5 Å². The number of furan rings is 1. The maximum atomic E-state index is 6.34. The van der Waals surface area contributed by atoms with Gasteiger partial charge in [0, 0.05) is 23.7 Å². The van der Waals surface area contributed by atoms with Crippen LogP contribution in [0.5, 0.6) is 0 Å². The molecule has 0 fully saturated rings. The van der Waals surface area contributed by atoms with E-state index >= 15 is 0 Å². The topological polar surface area (TPSA) is 16.4 Å². The minimum absolute atomic E-state index is 0.261. The van der Waals surface area contributed by atoms with Gasteiger partial charge in [0.05, 0.1) is 12.0 Å². The molecule has 2 heteroatoms. The quantitative estimate of drug-likeness (QED) is 0.421. The fourth-order valence-electron chi connectivity index (χ4n) is 4.59. The van der Waals surface area contributed by atoms with Crippen molar-refractivity contribution >= 4 is 33.5 Å². The Kier molecular flexibility index (Phi) is 2.42. The minimum atomic E-state index is 0.261. The summed E-state index contributed by atoms with van der Waals surface area (Å²) in [5.74, 6) is 1.37. The lowest BCUT2D eigenvalue weighted by molar-refractivity contribution is 0.502. The maximum Gasteiger partial charge on any atom is 0.134 e. The summed E-state index contributed by atoms with van der Waals surface area (Å²) in [5.41, 5.74) is 4.91. The zero-order valence-corrected chi connectivity index (χ0v) is 13.9. The Morgan fingerprint density at radius 3 is 2.56 bits per heavy atom. The first-order valence-corrected chi connectivity index (χ1v) is 8.76. The van der Waals surface area contributed by atoms with Crippen LogP contribution in [-0.4, -0.2) is 13.1 Å². The first kappa shape index (κ1) is 13.3. The fourth-order valence-corrected chi connectivity index (χ4v) is 4.59. The number of hydrogen-bond acceptors (Lipinski definition) is 2. The van der Waals surface area contributed by atoms with Crippen LogP contribution in [0.3, 0.4) is 0 Å². The van der Waals surface area contributed by atoms with E-state index < -0.39 is 0 Å². The second kappa shape index (κ2) is 4.54. The van der Waals surface area contributed by atoms with Crippen molar-refractivity contribution in [3.63, 3.8) is 0 Å². The number of benzene rings is 3. The Morgan fingerprint density at radius 2 is 1.68 bits per heavy atom. The van der Waals surface area contributed by atoms with Gasteiger partial charge in [-0.2, -0.15) is 0 Å². The first-order chi connectivity index (χ1) is 12.3. The molecule has 4 aromatic rings. The third kappa shape index (κ3) is 1.64. The summed E-state index contributed by atoms with van der Waals surface area (Å²) in [5, 5.41) is 3.80. The van der Waals surface area contributed by atoms with Crippen molar-refractivity contribution in [1.29, 1.82) is 0 Å². The van der Waals surface area contributed by atoms with Crippen LogP contribution in [-0.2, 0) is 0 Å². The molecule has 1 aliphatic heterocycles. The van der Waals surface area contributed by atoms with Crippen molar-refractivity contribution in [2.75, 3.05) is 11.9 Å². The number of para-hydroxylation sites is 1. The van der Waals surface area contributed by atoms with Crippen molar-refractivity contribution in [2.45, 2.75) is 12.0 Å². The normalized spacial score (nSPS) is 20.8. The predicted molar refractivity (Wildman–Crippen MR) is 103 cm³/mol. The van der Waals surface area contributed by atoms with Crippen LogP contribution < -0.4 is 4.90 Å². The number of likely N-dealkylation sites (N-methyl/N-ethyl adjacent to an activating group) is 1. The lowest BCUT2D eigenvalue weighted by Gasteiger charge is -2.26. The van der Waals surface area contributed by atoms with Gasteiger partial charge in [-0.15, -0.1) is 0 Å². The largest absolute Gasteiger partial charge is 0.460 e. The van der Waals surface area contributed by atoms with Crippen LogP contribution in [0.2, 0.25) is 0 Å². The summed E-state index contributed by atoms with van der Waals surface area (Å²) < 4.78 is 6.34. The Bertz CT molecular complexity index is 1180. The van der Waals surface area contributed by atoms with E-state index in [-0.39, 0.29) is 5.92 Å². The third-order valence-electron chi connectivity index (χ3n) is 5.80. The molecular formula is C23H17NO. The van der Waals surface area contributed by atoms with E-state index in [2.05, 4.69) is 78.7 Å². The van der Waals surface area contributed by atoms with Crippen molar-refractivity contribution in [3.8, 4) is 0 Å². The molecule has 6 rings (SSSR count). The van der Waals surface area contributed by atoms with Crippen LogP contribution in [0.4, 0.5) is 5.69 Å². The molecule has 2 unspecified atom stereocenters. The van der Waals surface area contributed by atoms with E-state index in [1.165, 1.54) is 33.0 Å². The van der Waals surface area contributed by atoms with Crippen LogP contribution >= 0.6 is 0 Å². The SMILES string of the molecule is CN1c2cc3ccccc3cc2C2c3oc4ccccc4c3C=CC21. The molecule has 3 aromatic carbocycles. The van der Waals surface area contributed by atoms with Crippen LogP contribution in [0, 0.1) is 0 Å². The molecule has 1 aliphatic carbocycles. The van der Waals surface area contributed by atoms with Gasteiger partial charge in [0.25, 0.3) is 0 Å². The molecule has 0 radical (unpaired) electrons. The molecule has 0 bridgehead atoms. The lowest BCUT2D eigenvalue weighted by Crippen LogP contribution is -2.30. The highest BCUT2D eigenvalue weighted by Crippen LogP contribution is 2.50. The lowest BCUT2D eigenvalue weighted by atomic mass is 9.85. The third-order valence-corrected chi connectivity index (χ3v) is 5.80. The van der Waals surface area contributed by atoms with Gasteiger partial charge in [-0.25, -0.2) is 0 Å². The van der Waals surface area contributed by atoms with Crippen molar-refractivity contribution in [1.82, 2.24) is 0 Å². The van der Waals surface area contributed by atoms with Gasteiger partial charge >= 0.3 is 0 Å². The fraction of sp³-hybridized carbons (Fsp3) is 0.130. The molecule has 2 aliphatic rings. The van der Waals surface area contributed by atoms with Crippen LogP contribution in [0.1, 0.15) is 22.8 Å². The van der Waals surface area contributed by atoms with Crippen LogP contribution in [0.25, 0.3) is 27.8 Å². The van der Waals surface area contributed by atoms with Gasteiger partial charge in [0.1, 0.15) is 11.3 Å². The second-order valence-electron chi connectivity index (χ2n) is 7.07. The number of nitrogens with zero attached hydrogens (tertiary/aromatic N) is 1. The average Bonchev–Trinajstić information content (AvgIpc) is 3.16. The maximum absolute atomic E-state index is 6.34. The Morgan fingerprint density at radius 1 is 0.920 bits per heavy atom. The van der Waals surface area contributed by atoms with Crippen LogP contribution in [0.15, 0.2) is 71.2 Å². The molecule has 2 atom stereocenters. The first-order valence-electron chi connectivity index (χ1n) is 8.76. The summed E-state index contributed by atoms with van der Waals surface area (Å²) in [6.45, 7) is 0. The van der Waals surface area contributed by atoms with E-state index in [0.29, 0.717) is 6.04 Å². The summed E-state index contributed by atoms with van der Waals surface area (Å²) in [4.78, 5) is 2.39. The molecule has 1 aromatic heterocycles.